The summed E-state index contributed by atoms with van der Waals surface area (Å²) in [5, 5.41) is 0.655. The number of benzene rings is 3. The van der Waals surface area contributed by atoms with E-state index < -0.39 is 5.41 Å². The van der Waals surface area contributed by atoms with Crippen LogP contribution < -0.4 is 19.1 Å². The third kappa shape index (κ3) is 2.88. The summed E-state index contributed by atoms with van der Waals surface area (Å²) in [5.74, 6) is 2.01. The summed E-state index contributed by atoms with van der Waals surface area (Å²) in [4.78, 5) is 16.2. The Bertz CT molecular complexity index is 1270. The molecule has 1 unspecified atom stereocenters. The highest BCUT2D eigenvalue weighted by Crippen LogP contribution is 2.57. The number of ether oxygens (including phenoxy) is 3. The Morgan fingerprint density at radius 3 is 2.55 bits per heavy atom. The lowest BCUT2D eigenvalue weighted by Crippen LogP contribution is -2.43. The predicted octanol–water partition coefficient (Wildman–Crippen LogP) is 5.95. The molecule has 3 aromatic carbocycles. The second-order valence-corrected chi connectivity index (χ2v) is 9.15. The van der Waals surface area contributed by atoms with Gasteiger partial charge < -0.3 is 19.1 Å². The maximum absolute atomic E-state index is 14.3. The van der Waals surface area contributed by atoms with E-state index in [9.17, 15) is 4.79 Å². The summed E-state index contributed by atoms with van der Waals surface area (Å²) in [6.45, 7) is 3.25. The minimum absolute atomic E-state index is 0.0470. The SMILES string of the molecule is CCCCCN1C(=O)C2(COc3cc4c(cc32)OCO4)c2c(-c3ccccc3Cl)cccc21. The molecule has 0 N–H and O–H groups in total. The molecule has 3 aliphatic rings. The standard InChI is InChI=1S/C27H24ClNO4/c1-2-3-6-12-29-21-11-7-9-18(17-8-4-5-10-20(17)28)25(21)27(26(29)30)15-31-22-14-24-23(13-19(22)27)32-16-33-24/h4-5,7-11,13-14H,2-3,6,12,15-16H2,1H3. The molecule has 6 rings (SSSR count). The highest BCUT2D eigenvalue weighted by molar-refractivity contribution is 6.33. The zero-order chi connectivity index (χ0) is 22.6. The van der Waals surface area contributed by atoms with Crippen LogP contribution in [0.25, 0.3) is 11.1 Å². The average molecular weight is 462 g/mol. The van der Waals surface area contributed by atoms with Gasteiger partial charge in [0.25, 0.3) is 0 Å². The topological polar surface area (TPSA) is 48.0 Å². The zero-order valence-electron chi connectivity index (χ0n) is 18.4. The van der Waals surface area contributed by atoms with E-state index in [1.165, 1.54) is 0 Å². The highest BCUT2D eigenvalue weighted by Gasteiger charge is 2.58. The summed E-state index contributed by atoms with van der Waals surface area (Å²) in [7, 11) is 0. The van der Waals surface area contributed by atoms with E-state index in [0.717, 1.165) is 47.2 Å². The maximum Gasteiger partial charge on any atom is 0.245 e. The van der Waals surface area contributed by atoms with Crippen molar-refractivity contribution in [1.82, 2.24) is 0 Å². The molecule has 0 saturated carbocycles. The lowest BCUT2D eigenvalue weighted by Gasteiger charge is -2.24. The quantitative estimate of drug-likeness (QED) is 0.440. The Labute approximate surface area is 197 Å². The largest absolute Gasteiger partial charge is 0.491 e. The van der Waals surface area contributed by atoms with E-state index >= 15 is 0 Å². The number of hydrogen-bond acceptors (Lipinski definition) is 4. The minimum atomic E-state index is -0.951. The lowest BCUT2D eigenvalue weighted by atomic mass is 9.74. The molecular weight excluding hydrogens is 438 g/mol. The molecule has 0 bridgehead atoms. The predicted molar refractivity (Wildman–Crippen MR) is 128 cm³/mol. The van der Waals surface area contributed by atoms with Crippen molar-refractivity contribution in [2.24, 2.45) is 0 Å². The van der Waals surface area contributed by atoms with Crippen LogP contribution in [-0.2, 0) is 10.2 Å². The van der Waals surface area contributed by atoms with Crippen molar-refractivity contribution < 1.29 is 19.0 Å². The minimum Gasteiger partial charge on any atom is -0.491 e. The van der Waals surface area contributed by atoms with Crippen molar-refractivity contribution in [3.05, 3.63) is 70.7 Å². The lowest BCUT2D eigenvalue weighted by molar-refractivity contribution is -0.122. The molecule has 33 heavy (non-hydrogen) atoms. The Morgan fingerprint density at radius 1 is 0.939 bits per heavy atom. The number of unbranched alkanes of at least 4 members (excludes halogenated alkanes) is 2. The fraction of sp³-hybridized carbons (Fsp3) is 0.296. The van der Waals surface area contributed by atoms with Crippen LogP contribution in [0.3, 0.4) is 0 Å². The second kappa shape index (κ2) is 7.70. The molecule has 3 heterocycles. The first-order valence-corrected chi connectivity index (χ1v) is 11.8. The van der Waals surface area contributed by atoms with Crippen LogP contribution >= 0.6 is 11.6 Å². The van der Waals surface area contributed by atoms with Gasteiger partial charge >= 0.3 is 0 Å². The molecule has 0 fully saturated rings. The first kappa shape index (κ1) is 20.4. The fourth-order valence-corrected chi connectivity index (χ4v) is 5.57. The van der Waals surface area contributed by atoms with E-state index in [0.29, 0.717) is 28.8 Å². The van der Waals surface area contributed by atoms with Crippen LogP contribution in [0.5, 0.6) is 17.2 Å². The number of fused-ring (bicyclic) bond motifs is 5. The summed E-state index contributed by atoms with van der Waals surface area (Å²) in [5.41, 5.74) is 3.63. The van der Waals surface area contributed by atoms with Crippen molar-refractivity contribution in [3.63, 3.8) is 0 Å². The van der Waals surface area contributed by atoms with Gasteiger partial charge in [-0.2, -0.15) is 0 Å². The normalized spacial score (nSPS) is 19.7. The summed E-state index contributed by atoms with van der Waals surface area (Å²) >= 11 is 6.64. The van der Waals surface area contributed by atoms with Gasteiger partial charge in [0.2, 0.25) is 12.7 Å². The van der Waals surface area contributed by atoms with Gasteiger partial charge in [0.1, 0.15) is 17.8 Å². The summed E-state index contributed by atoms with van der Waals surface area (Å²) in [6.07, 6.45) is 3.11. The summed E-state index contributed by atoms with van der Waals surface area (Å²) in [6, 6.07) is 17.6. The van der Waals surface area contributed by atoms with Gasteiger partial charge in [-0.05, 0) is 30.2 Å². The fourth-order valence-electron chi connectivity index (χ4n) is 5.33. The van der Waals surface area contributed by atoms with Gasteiger partial charge in [-0.1, -0.05) is 61.7 Å². The van der Waals surface area contributed by atoms with E-state index in [2.05, 4.69) is 13.0 Å². The molecule has 0 aromatic heterocycles. The van der Waals surface area contributed by atoms with E-state index in [1.54, 1.807) is 0 Å². The third-order valence-corrected chi connectivity index (χ3v) is 7.23. The Balaban J connectivity index is 1.60. The molecule has 1 amide bonds. The number of amides is 1. The molecule has 1 atom stereocenters. The Morgan fingerprint density at radius 2 is 1.73 bits per heavy atom. The van der Waals surface area contributed by atoms with Crippen LogP contribution in [0.1, 0.15) is 37.3 Å². The van der Waals surface area contributed by atoms with E-state index in [4.69, 9.17) is 25.8 Å². The molecule has 3 aliphatic heterocycles. The number of anilines is 1. The van der Waals surface area contributed by atoms with Crippen molar-refractivity contribution in [2.45, 2.75) is 31.6 Å². The van der Waals surface area contributed by atoms with Crippen LogP contribution in [0.15, 0.2) is 54.6 Å². The van der Waals surface area contributed by atoms with Gasteiger partial charge in [0.15, 0.2) is 11.5 Å². The van der Waals surface area contributed by atoms with Gasteiger partial charge in [0.05, 0.1) is 0 Å². The molecule has 0 saturated heterocycles. The first-order valence-electron chi connectivity index (χ1n) is 11.4. The second-order valence-electron chi connectivity index (χ2n) is 8.74. The Kier molecular flexibility index (Phi) is 4.77. The summed E-state index contributed by atoms with van der Waals surface area (Å²) < 4.78 is 17.4. The zero-order valence-corrected chi connectivity index (χ0v) is 19.2. The van der Waals surface area contributed by atoms with Crippen LogP contribution in [0, 0.1) is 0 Å². The van der Waals surface area contributed by atoms with Gasteiger partial charge in [-0.15, -0.1) is 0 Å². The number of hydrogen-bond donors (Lipinski definition) is 0. The molecule has 6 heteroatoms. The van der Waals surface area contributed by atoms with Crippen molar-refractivity contribution >= 4 is 23.2 Å². The molecular formula is C27H24ClNO4. The van der Waals surface area contributed by atoms with Gasteiger partial charge in [-0.25, -0.2) is 0 Å². The van der Waals surface area contributed by atoms with E-state index in [1.807, 2.05) is 53.4 Å². The van der Waals surface area contributed by atoms with Crippen molar-refractivity contribution in [3.8, 4) is 28.4 Å². The number of halogens is 1. The van der Waals surface area contributed by atoms with Gasteiger partial charge in [0, 0.05) is 40.0 Å². The van der Waals surface area contributed by atoms with Crippen LogP contribution in [0.4, 0.5) is 5.69 Å². The first-order chi connectivity index (χ1) is 16.1. The third-order valence-electron chi connectivity index (χ3n) is 6.90. The smallest absolute Gasteiger partial charge is 0.245 e. The molecule has 0 radical (unpaired) electrons. The molecule has 168 valence electrons. The van der Waals surface area contributed by atoms with Crippen molar-refractivity contribution in [2.75, 3.05) is 24.8 Å². The highest BCUT2D eigenvalue weighted by atomic mass is 35.5. The Hall–Kier alpha value is -3.18. The van der Waals surface area contributed by atoms with E-state index in [-0.39, 0.29) is 19.3 Å². The molecule has 1 spiro atoms. The van der Waals surface area contributed by atoms with Gasteiger partial charge in [-0.3, -0.25) is 4.79 Å². The number of carbonyl (C=O) groups excluding carboxylic acids is 1. The maximum atomic E-state index is 14.3. The van der Waals surface area contributed by atoms with Crippen LogP contribution in [0.2, 0.25) is 5.02 Å². The monoisotopic (exact) mass is 461 g/mol. The average Bonchev–Trinajstić information content (AvgIpc) is 3.50. The van der Waals surface area contributed by atoms with Crippen LogP contribution in [-0.4, -0.2) is 25.9 Å². The number of rotatable bonds is 5. The molecule has 0 aliphatic carbocycles. The number of nitrogens with zero attached hydrogens (tertiary/aromatic N) is 1. The van der Waals surface area contributed by atoms with Crippen molar-refractivity contribution in [1.29, 1.82) is 0 Å². The number of carbonyl (C=O) groups is 1. The molecule has 3 aromatic rings. The molecule has 5 nitrogen and oxygen atoms in total.